The van der Waals surface area contributed by atoms with Crippen molar-refractivity contribution in [1.29, 1.82) is 0 Å². The molecule has 0 bridgehead atoms. The zero-order valence-corrected chi connectivity index (χ0v) is 21.2. The summed E-state index contributed by atoms with van der Waals surface area (Å²) < 4.78 is 39.3. The number of carbonyl (C=O) groups is 1. The van der Waals surface area contributed by atoms with Gasteiger partial charge in [0.05, 0.1) is 17.2 Å². The lowest BCUT2D eigenvalue weighted by atomic mass is 10.2. The van der Waals surface area contributed by atoms with E-state index in [-0.39, 0.29) is 4.90 Å². The molecule has 0 heterocycles. The molecule has 0 atom stereocenters. The Morgan fingerprint density at radius 3 is 1.95 bits per heavy atom. The number of hydrogen-bond acceptors (Lipinski definition) is 5. The maximum absolute atomic E-state index is 13.5. The zero-order valence-electron chi connectivity index (χ0n) is 20.4. The lowest BCUT2D eigenvalue weighted by Gasteiger charge is -2.24. The molecule has 37 heavy (non-hydrogen) atoms. The van der Waals surface area contributed by atoms with Crippen LogP contribution in [0, 0.1) is 0 Å². The molecule has 0 saturated carbocycles. The van der Waals surface area contributed by atoms with Crippen molar-refractivity contribution in [1.82, 2.24) is 0 Å². The van der Waals surface area contributed by atoms with E-state index in [9.17, 15) is 13.2 Å². The number of sulfonamides is 1. The molecule has 0 spiro atoms. The summed E-state index contributed by atoms with van der Waals surface area (Å²) in [5.74, 6) is 0.790. The molecule has 1 amide bonds. The average molecular weight is 517 g/mol. The average Bonchev–Trinajstić information content (AvgIpc) is 2.93. The van der Waals surface area contributed by atoms with Crippen LogP contribution in [0.1, 0.15) is 12.5 Å². The van der Waals surface area contributed by atoms with E-state index >= 15 is 0 Å². The van der Waals surface area contributed by atoms with E-state index in [1.54, 1.807) is 66.7 Å². The van der Waals surface area contributed by atoms with Crippen molar-refractivity contribution in [2.75, 3.05) is 22.8 Å². The van der Waals surface area contributed by atoms with Crippen LogP contribution in [0.4, 0.5) is 11.4 Å². The van der Waals surface area contributed by atoms with Crippen LogP contribution in [0.5, 0.6) is 11.5 Å². The van der Waals surface area contributed by atoms with E-state index in [1.807, 2.05) is 37.3 Å². The van der Waals surface area contributed by atoms with Gasteiger partial charge in [0, 0.05) is 5.69 Å². The van der Waals surface area contributed by atoms with Crippen molar-refractivity contribution in [3.05, 3.63) is 115 Å². The summed E-state index contributed by atoms with van der Waals surface area (Å²) in [6.45, 7) is 2.38. The summed E-state index contributed by atoms with van der Waals surface area (Å²) in [6.07, 6.45) is 0. The van der Waals surface area contributed by atoms with Gasteiger partial charge < -0.3 is 14.8 Å². The summed E-state index contributed by atoms with van der Waals surface area (Å²) in [7, 11) is -4.00. The van der Waals surface area contributed by atoms with Crippen LogP contribution in [-0.4, -0.2) is 27.5 Å². The number of hydrogen-bond donors (Lipinski definition) is 1. The number of anilines is 2. The second kappa shape index (κ2) is 12.1. The van der Waals surface area contributed by atoms with Gasteiger partial charge in [-0.1, -0.05) is 48.5 Å². The third-order valence-corrected chi connectivity index (χ3v) is 7.23. The predicted octanol–water partition coefficient (Wildman–Crippen LogP) is 5.50. The van der Waals surface area contributed by atoms with Crippen molar-refractivity contribution in [3.8, 4) is 11.5 Å². The minimum atomic E-state index is -4.00. The minimum absolute atomic E-state index is 0.0941. The lowest BCUT2D eigenvalue weighted by molar-refractivity contribution is -0.114. The summed E-state index contributed by atoms with van der Waals surface area (Å²) in [4.78, 5) is 13.1. The van der Waals surface area contributed by atoms with Gasteiger partial charge in [-0.3, -0.25) is 9.10 Å². The smallest absolute Gasteiger partial charge is 0.264 e. The first-order chi connectivity index (χ1) is 18.0. The van der Waals surface area contributed by atoms with Crippen LogP contribution < -0.4 is 19.1 Å². The first kappa shape index (κ1) is 25.8. The van der Waals surface area contributed by atoms with Gasteiger partial charge in [-0.25, -0.2) is 8.42 Å². The number of nitrogens with one attached hydrogen (secondary N) is 1. The van der Waals surface area contributed by atoms with E-state index < -0.39 is 22.5 Å². The molecule has 0 fully saturated rings. The fourth-order valence-corrected chi connectivity index (χ4v) is 5.06. The standard InChI is InChI=1S/C29H28N2O5S/c1-2-35-26-19-15-25(16-20-26)31(37(33,34)28-11-7-4-8-12-28)21-29(32)30-24-13-17-27(18-14-24)36-22-23-9-5-3-6-10-23/h3-20H,2,21-22H2,1H3,(H,30,32). The topological polar surface area (TPSA) is 84.9 Å². The van der Waals surface area contributed by atoms with E-state index in [1.165, 1.54) is 12.1 Å². The van der Waals surface area contributed by atoms with Gasteiger partial charge in [0.15, 0.2) is 0 Å². The highest BCUT2D eigenvalue weighted by atomic mass is 32.2. The molecule has 8 heteroatoms. The fourth-order valence-electron chi connectivity index (χ4n) is 3.62. The third-order valence-electron chi connectivity index (χ3n) is 5.44. The Kier molecular flexibility index (Phi) is 8.43. The molecule has 0 radical (unpaired) electrons. The Morgan fingerprint density at radius 2 is 1.32 bits per heavy atom. The predicted molar refractivity (Wildman–Crippen MR) is 144 cm³/mol. The van der Waals surface area contributed by atoms with E-state index in [0.29, 0.717) is 36.1 Å². The second-order valence-electron chi connectivity index (χ2n) is 8.10. The highest BCUT2D eigenvalue weighted by Gasteiger charge is 2.27. The molecule has 0 aromatic heterocycles. The number of nitrogens with zero attached hydrogens (tertiary/aromatic N) is 1. The van der Waals surface area contributed by atoms with Gasteiger partial charge in [0.1, 0.15) is 24.7 Å². The van der Waals surface area contributed by atoms with E-state index in [0.717, 1.165) is 9.87 Å². The SMILES string of the molecule is CCOc1ccc(N(CC(=O)Nc2ccc(OCc3ccccc3)cc2)S(=O)(=O)c2ccccc2)cc1. The molecular formula is C29H28N2O5S. The van der Waals surface area contributed by atoms with Gasteiger partial charge in [0.25, 0.3) is 10.0 Å². The lowest BCUT2D eigenvalue weighted by Crippen LogP contribution is -2.38. The Balaban J connectivity index is 1.47. The maximum atomic E-state index is 13.5. The zero-order chi connectivity index (χ0) is 26.1. The molecule has 4 aromatic carbocycles. The quantitative estimate of drug-likeness (QED) is 0.285. The Labute approximate surface area is 217 Å². The summed E-state index contributed by atoms with van der Waals surface area (Å²) in [5, 5.41) is 2.77. The van der Waals surface area contributed by atoms with Crippen LogP contribution in [0.25, 0.3) is 0 Å². The Hall–Kier alpha value is -4.30. The summed E-state index contributed by atoms with van der Waals surface area (Å²) in [5.41, 5.74) is 1.93. The molecule has 1 N–H and O–H groups in total. The molecule has 4 rings (SSSR count). The van der Waals surface area contributed by atoms with Crippen LogP contribution >= 0.6 is 0 Å². The number of carbonyl (C=O) groups excluding carboxylic acids is 1. The van der Waals surface area contributed by atoms with Gasteiger partial charge in [-0.2, -0.15) is 0 Å². The molecule has 0 aliphatic carbocycles. The van der Waals surface area contributed by atoms with Crippen molar-refractivity contribution < 1.29 is 22.7 Å². The van der Waals surface area contributed by atoms with Gasteiger partial charge in [-0.05, 0) is 73.2 Å². The first-order valence-corrected chi connectivity index (χ1v) is 13.3. The van der Waals surface area contributed by atoms with Crippen LogP contribution in [-0.2, 0) is 21.4 Å². The monoisotopic (exact) mass is 516 g/mol. The van der Waals surface area contributed by atoms with Crippen molar-refractivity contribution in [2.45, 2.75) is 18.4 Å². The first-order valence-electron chi connectivity index (χ1n) is 11.8. The molecule has 0 saturated heterocycles. The van der Waals surface area contributed by atoms with Crippen molar-refractivity contribution in [2.24, 2.45) is 0 Å². The maximum Gasteiger partial charge on any atom is 0.264 e. The summed E-state index contributed by atoms with van der Waals surface area (Å²) in [6, 6.07) is 31.4. The largest absolute Gasteiger partial charge is 0.494 e. The number of ether oxygens (including phenoxy) is 2. The van der Waals surface area contributed by atoms with Crippen molar-refractivity contribution in [3.63, 3.8) is 0 Å². The van der Waals surface area contributed by atoms with Crippen LogP contribution in [0.3, 0.4) is 0 Å². The van der Waals surface area contributed by atoms with Gasteiger partial charge in [-0.15, -0.1) is 0 Å². The number of amides is 1. The molecule has 7 nitrogen and oxygen atoms in total. The molecular weight excluding hydrogens is 488 g/mol. The van der Waals surface area contributed by atoms with Crippen LogP contribution in [0.15, 0.2) is 114 Å². The Morgan fingerprint density at radius 1 is 0.757 bits per heavy atom. The molecule has 4 aromatic rings. The highest BCUT2D eigenvalue weighted by molar-refractivity contribution is 7.92. The van der Waals surface area contributed by atoms with Crippen LogP contribution in [0.2, 0.25) is 0 Å². The minimum Gasteiger partial charge on any atom is -0.494 e. The van der Waals surface area contributed by atoms with E-state index in [2.05, 4.69) is 5.32 Å². The second-order valence-corrected chi connectivity index (χ2v) is 9.96. The number of benzene rings is 4. The molecule has 0 unspecified atom stereocenters. The highest BCUT2D eigenvalue weighted by Crippen LogP contribution is 2.26. The molecule has 0 aliphatic heterocycles. The summed E-state index contributed by atoms with van der Waals surface area (Å²) >= 11 is 0. The Bertz CT molecular complexity index is 1390. The van der Waals surface area contributed by atoms with Gasteiger partial charge in [0.2, 0.25) is 5.91 Å². The number of rotatable bonds is 11. The fraction of sp³-hybridized carbons (Fsp3) is 0.138. The molecule has 0 aliphatic rings. The van der Waals surface area contributed by atoms with Crippen molar-refractivity contribution >= 4 is 27.3 Å². The van der Waals surface area contributed by atoms with E-state index in [4.69, 9.17) is 9.47 Å². The molecule has 190 valence electrons. The van der Waals surface area contributed by atoms with Gasteiger partial charge >= 0.3 is 0 Å². The normalized spacial score (nSPS) is 10.9. The third kappa shape index (κ3) is 6.89.